The predicted molar refractivity (Wildman–Crippen MR) is 71.7 cm³/mol. The van der Waals surface area contributed by atoms with E-state index >= 15 is 0 Å². The van der Waals surface area contributed by atoms with Crippen molar-refractivity contribution < 1.29 is 8.78 Å². The number of nitriles is 1. The Hall–Kier alpha value is -2.48. The van der Waals surface area contributed by atoms with Crippen LogP contribution < -0.4 is 5.73 Å². The summed E-state index contributed by atoms with van der Waals surface area (Å²) in [7, 11) is 0. The Morgan fingerprint density at radius 1 is 1.35 bits per heavy atom. The molecule has 102 valence electrons. The number of nitrogen functional groups attached to an aromatic ring is 1. The molecule has 1 heterocycles. The second-order valence-electron chi connectivity index (χ2n) is 4.81. The third-order valence-corrected chi connectivity index (χ3v) is 3.21. The van der Waals surface area contributed by atoms with Crippen molar-refractivity contribution in [3.63, 3.8) is 0 Å². The molecule has 1 atom stereocenters. The van der Waals surface area contributed by atoms with Gasteiger partial charge in [-0.05, 0) is 37.1 Å². The molecule has 2 rings (SSSR count). The highest BCUT2D eigenvalue weighted by Crippen LogP contribution is 2.34. The van der Waals surface area contributed by atoms with Gasteiger partial charge in [-0.1, -0.05) is 6.07 Å². The van der Waals surface area contributed by atoms with E-state index in [0.29, 0.717) is 0 Å². The van der Waals surface area contributed by atoms with Gasteiger partial charge in [0, 0.05) is 23.6 Å². The van der Waals surface area contributed by atoms with Crippen molar-refractivity contribution in [1.82, 2.24) is 4.98 Å². The summed E-state index contributed by atoms with van der Waals surface area (Å²) in [6, 6.07) is 7.76. The number of hydrogen-bond donors (Lipinski definition) is 1. The van der Waals surface area contributed by atoms with E-state index in [4.69, 9.17) is 5.73 Å². The number of pyridine rings is 1. The van der Waals surface area contributed by atoms with E-state index < -0.39 is 17.0 Å². The van der Waals surface area contributed by atoms with E-state index in [0.717, 1.165) is 11.6 Å². The minimum absolute atomic E-state index is 0.0665. The second kappa shape index (κ2) is 5.25. The van der Waals surface area contributed by atoms with Crippen molar-refractivity contribution in [3.8, 4) is 6.07 Å². The first-order valence-electron chi connectivity index (χ1n) is 6.02. The van der Waals surface area contributed by atoms with Crippen LogP contribution in [0.25, 0.3) is 0 Å². The van der Waals surface area contributed by atoms with Crippen molar-refractivity contribution in [2.24, 2.45) is 0 Å². The summed E-state index contributed by atoms with van der Waals surface area (Å²) in [5.74, 6) is -2.08. The van der Waals surface area contributed by atoms with Crippen molar-refractivity contribution in [2.75, 3.05) is 5.73 Å². The Labute approximate surface area is 115 Å². The van der Waals surface area contributed by atoms with Gasteiger partial charge in [0.15, 0.2) is 11.6 Å². The predicted octanol–water partition coefficient (Wildman–Crippen LogP) is 2.97. The molecule has 3 nitrogen and oxygen atoms in total. The number of anilines is 1. The zero-order valence-corrected chi connectivity index (χ0v) is 10.9. The van der Waals surface area contributed by atoms with E-state index in [9.17, 15) is 14.0 Å². The first kappa shape index (κ1) is 13.9. The maximum atomic E-state index is 14.0. The van der Waals surface area contributed by atoms with Crippen LogP contribution in [-0.4, -0.2) is 4.98 Å². The second-order valence-corrected chi connectivity index (χ2v) is 4.81. The first-order chi connectivity index (χ1) is 9.48. The molecular weight excluding hydrogens is 260 g/mol. The van der Waals surface area contributed by atoms with Gasteiger partial charge in [-0.15, -0.1) is 0 Å². The van der Waals surface area contributed by atoms with Crippen molar-refractivity contribution >= 4 is 5.69 Å². The van der Waals surface area contributed by atoms with Gasteiger partial charge in [-0.25, -0.2) is 8.78 Å². The number of benzene rings is 1. The lowest BCUT2D eigenvalue weighted by atomic mass is 9.77. The van der Waals surface area contributed by atoms with Crippen LogP contribution in [0.2, 0.25) is 0 Å². The Bertz CT molecular complexity index is 665. The fourth-order valence-electron chi connectivity index (χ4n) is 2.22. The standard InChI is InChI=1S/C15H13F2N3/c1-15(9-18,7-10-3-2-6-20-8-10)13-12(19)5-4-11(16)14(13)17/h2-6,8H,7,19H2,1H3. The quantitative estimate of drug-likeness (QED) is 0.874. The van der Waals surface area contributed by atoms with Crippen LogP contribution in [0.1, 0.15) is 18.1 Å². The SMILES string of the molecule is CC(C#N)(Cc1cccnc1)c1c(N)ccc(F)c1F. The molecule has 1 aromatic heterocycles. The normalized spacial score (nSPS) is 13.5. The maximum absolute atomic E-state index is 14.0. The molecular formula is C15H13F2N3. The van der Waals surface area contributed by atoms with Gasteiger partial charge in [0.25, 0.3) is 0 Å². The maximum Gasteiger partial charge on any atom is 0.165 e. The van der Waals surface area contributed by atoms with Crippen LogP contribution in [0.3, 0.4) is 0 Å². The molecule has 0 bridgehead atoms. The molecule has 0 aliphatic carbocycles. The summed E-state index contributed by atoms with van der Waals surface area (Å²) in [4.78, 5) is 3.95. The lowest BCUT2D eigenvalue weighted by Crippen LogP contribution is -2.26. The topological polar surface area (TPSA) is 62.7 Å². The van der Waals surface area contributed by atoms with Gasteiger partial charge in [0.1, 0.15) is 0 Å². The van der Waals surface area contributed by atoms with Crippen molar-refractivity contribution in [3.05, 3.63) is 59.4 Å². The summed E-state index contributed by atoms with van der Waals surface area (Å²) >= 11 is 0. The average molecular weight is 273 g/mol. The van der Waals surface area contributed by atoms with Crippen LogP contribution in [0.4, 0.5) is 14.5 Å². The number of hydrogen-bond acceptors (Lipinski definition) is 3. The Balaban J connectivity index is 2.52. The van der Waals surface area contributed by atoms with Gasteiger partial charge >= 0.3 is 0 Å². The highest BCUT2D eigenvalue weighted by atomic mass is 19.2. The zero-order valence-electron chi connectivity index (χ0n) is 10.9. The number of nitrogens with zero attached hydrogens (tertiary/aromatic N) is 2. The largest absolute Gasteiger partial charge is 0.398 e. The van der Waals surface area contributed by atoms with E-state index in [1.807, 2.05) is 6.07 Å². The number of nitrogens with two attached hydrogens (primary N) is 1. The number of aromatic nitrogens is 1. The molecule has 20 heavy (non-hydrogen) atoms. The van der Waals surface area contributed by atoms with Gasteiger partial charge in [-0.2, -0.15) is 5.26 Å². The molecule has 0 spiro atoms. The molecule has 0 radical (unpaired) electrons. The van der Waals surface area contributed by atoms with Gasteiger partial charge in [-0.3, -0.25) is 4.98 Å². The fraction of sp³-hybridized carbons (Fsp3) is 0.200. The van der Waals surface area contributed by atoms with Gasteiger partial charge in [0.2, 0.25) is 0 Å². The average Bonchev–Trinajstić information content (AvgIpc) is 2.44. The highest BCUT2D eigenvalue weighted by molar-refractivity contribution is 5.54. The fourth-order valence-corrected chi connectivity index (χ4v) is 2.22. The molecule has 1 aromatic carbocycles. The lowest BCUT2D eigenvalue weighted by Gasteiger charge is -2.24. The summed E-state index contributed by atoms with van der Waals surface area (Å²) in [6.07, 6.45) is 3.38. The molecule has 5 heteroatoms. The Kier molecular flexibility index (Phi) is 3.66. The number of rotatable bonds is 3. The molecule has 0 aliphatic rings. The smallest absolute Gasteiger partial charge is 0.165 e. The van der Waals surface area contributed by atoms with E-state index in [1.165, 1.54) is 13.0 Å². The summed E-state index contributed by atoms with van der Waals surface area (Å²) < 4.78 is 27.4. The Morgan fingerprint density at radius 3 is 2.70 bits per heavy atom. The third kappa shape index (κ3) is 2.45. The monoisotopic (exact) mass is 273 g/mol. The summed E-state index contributed by atoms with van der Waals surface area (Å²) in [5.41, 5.74) is 5.18. The van der Waals surface area contributed by atoms with E-state index in [2.05, 4.69) is 4.98 Å². The van der Waals surface area contributed by atoms with Crippen LogP contribution in [0, 0.1) is 23.0 Å². The molecule has 1 unspecified atom stereocenters. The van der Waals surface area contributed by atoms with Crippen molar-refractivity contribution in [2.45, 2.75) is 18.8 Å². The van der Waals surface area contributed by atoms with Crippen LogP contribution in [0.5, 0.6) is 0 Å². The van der Waals surface area contributed by atoms with Gasteiger partial charge < -0.3 is 5.73 Å². The lowest BCUT2D eigenvalue weighted by molar-refractivity contribution is 0.472. The van der Waals surface area contributed by atoms with Crippen LogP contribution in [0.15, 0.2) is 36.7 Å². The highest BCUT2D eigenvalue weighted by Gasteiger charge is 2.33. The minimum atomic E-state index is -1.26. The van der Waals surface area contributed by atoms with Crippen LogP contribution >= 0.6 is 0 Å². The van der Waals surface area contributed by atoms with E-state index in [-0.39, 0.29) is 17.7 Å². The molecule has 0 saturated carbocycles. The minimum Gasteiger partial charge on any atom is -0.398 e. The summed E-state index contributed by atoms with van der Waals surface area (Å²) in [6.45, 7) is 1.54. The van der Waals surface area contributed by atoms with Crippen molar-refractivity contribution in [1.29, 1.82) is 5.26 Å². The molecule has 2 aromatic rings. The molecule has 0 aliphatic heterocycles. The third-order valence-electron chi connectivity index (χ3n) is 3.21. The Morgan fingerprint density at radius 2 is 2.10 bits per heavy atom. The first-order valence-corrected chi connectivity index (χ1v) is 6.02. The number of halogens is 2. The molecule has 0 fully saturated rings. The van der Waals surface area contributed by atoms with Gasteiger partial charge in [0.05, 0.1) is 11.5 Å². The molecule has 2 N–H and O–H groups in total. The molecule has 0 amide bonds. The zero-order chi connectivity index (χ0) is 14.8. The van der Waals surface area contributed by atoms with Crippen LogP contribution in [-0.2, 0) is 11.8 Å². The van der Waals surface area contributed by atoms with E-state index in [1.54, 1.807) is 24.5 Å². The molecule has 0 saturated heterocycles. The summed E-state index contributed by atoms with van der Waals surface area (Å²) in [5, 5.41) is 9.42.